The summed E-state index contributed by atoms with van der Waals surface area (Å²) in [5.41, 5.74) is 4.01. The van der Waals surface area contributed by atoms with E-state index in [2.05, 4.69) is 21.2 Å². The molecule has 1 amide bonds. The molecule has 148 valence electrons. The van der Waals surface area contributed by atoms with E-state index in [9.17, 15) is 4.79 Å². The number of hydrogen-bond acceptors (Lipinski definition) is 6. The van der Waals surface area contributed by atoms with Crippen LogP contribution in [0.1, 0.15) is 5.56 Å². The fraction of sp³-hybridized carbons (Fsp3) is 0.211. The largest absolute Gasteiger partial charge is 0.495 e. The Balaban J connectivity index is 1.97. The predicted octanol–water partition coefficient (Wildman–Crippen LogP) is 2.15. The molecule has 0 radical (unpaired) electrons. The fourth-order valence-corrected chi connectivity index (χ4v) is 2.24. The molecule has 9 heteroatoms. The molecule has 2 aromatic carbocycles. The number of nitrogens with one attached hydrogen (secondary N) is 3. The molecular weight excluding hydrogens is 380 g/mol. The lowest BCUT2D eigenvalue weighted by Crippen LogP contribution is -2.28. The van der Waals surface area contributed by atoms with E-state index in [0.29, 0.717) is 28.0 Å². The van der Waals surface area contributed by atoms with Crippen LogP contribution >= 0.6 is 12.2 Å². The van der Waals surface area contributed by atoms with Gasteiger partial charge in [0, 0.05) is 7.05 Å². The van der Waals surface area contributed by atoms with Crippen molar-refractivity contribution in [2.24, 2.45) is 5.10 Å². The van der Waals surface area contributed by atoms with E-state index in [4.69, 9.17) is 26.4 Å². The summed E-state index contributed by atoms with van der Waals surface area (Å²) < 4.78 is 16.1. The summed E-state index contributed by atoms with van der Waals surface area (Å²) in [6, 6.07) is 12.4. The van der Waals surface area contributed by atoms with Gasteiger partial charge in [-0.2, -0.15) is 5.10 Å². The van der Waals surface area contributed by atoms with Gasteiger partial charge in [-0.1, -0.05) is 12.1 Å². The van der Waals surface area contributed by atoms with E-state index in [1.807, 2.05) is 6.07 Å². The summed E-state index contributed by atoms with van der Waals surface area (Å²) in [6.45, 7) is -0.181. The second-order valence-corrected chi connectivity index (χ2v) is 5.80. The van der Waals surface area contributed by atoms with E-state index in [1.165, 1.54) is 7.11 Å². The van der Waals surface area contributed by atoms with Gasteiger partial charge in [0.15, 0.2) is 23.2 Å². The summed E-state index contributed by atoms with van der Waals surface area (Å²) in [5, 5.41) is 9.91. The molecule has 8 nitrogen and oxygen atoms in total. The first-order chi connectivity index (χ1) is 13.6. The molecule has 0 fully saturated rings. The van der Waals surface area contributed by atoms with Crippen LogP contribution in [0, 0.1) is 0 Å². The quantitative estimate of drug-likeness (QED) is 0.354. The molecule has 0 unspecified atom stereocenters. The third kappa shape index (κ3) is 6.13. The summed E-state index contributed by atoms with van der Waals surface area (Å²) in [6.07, 6.45) is 1.59. The second-order valence-electron chi connectivity index (χ2n) is 5.40. The summed E-state index contributed by atoms with van der Waals surface area (Å²) in [5.74, 6) is 1.17. The molecule has 0 aliphatic carbocycles. The predicted molar refractivity (Wildman–Crippen MR) is 113 cm³/mol. The summed E-state index contributed by atoms with van der Waals surface area (Å²) >= 11 is 4.94. The number of methoxy groups -OCH3 is 2. The molecule has 0 heterocycles. The number of carbonyl (C=O) groups excluding carboxylic acids is 1. The zero-order chi connectivity index (χ0) is 20.4. The van der Waals surface area contributed by atoms with Crippen molar-refractivity contribution in [1.29, 1.82) is 0 Å². The van der Waals surface area contributed by atoms with Gasteiger partial charge >= 0.3 is 0 Å². The topological polar surface area (TPSA) is 93.2 Å². The average Bonchev–Trinajstić information content (AvgIpc) is 2.72. The Morgan fingerprint density at radius 1 is 1.11 bits per heavy atom. The molecule has 0 bridgehead atoms. The average molecular weight is 402 g/mol. The van der Waals surface area contributed by atoms with Gasteiger partial charge in [0.1, 0.15) is 5.75 Å². The number of hydrazone groups is 1. The third-order valence-electron chi connectivity index (χ3n) is 3.53. The number of para-hydroxylation sites is 2. The van der Waals surface area contributed by atoms with E-state index in [0.717, 1.165) is 5.56 Å². The van der Waals surface area contributed by atoms with Gasteiger partial charge in [-0.15, -0.1) is 0 Å². The number of anilines is 1. The van der Waals surface area contributed by atoms with Crippen molar-refractivity contribution in [3.05, 3.63) is 48.0 Å². The SMILES string of the molecule is CNC(=S)N/N=C/c1ccc(OCC(=O)Nc2ccccc2OC)c(OC)c1. The van der Waals surface area contributed by atoms with E-state index >= 15 is 0 Å². The number of amides is 1. The molecule has 0 aliphatic heterocycles. The molecule has 0 aliphatic rings. The van der Waals surface area contributed by atoms with Crippen molar-refractivity contribution < 1.29 is 19.0 Å². The van der Waals surface area contributed by atoms with Crippen molar-refractivity contribution in [2.75, 3.05) is 33.2 Å². The number of nitrogens with zero attached hydrogens (tertiary/aromatic N) is 1. The van der Waals surface area contributed by atoms with Gasteiger partial charge in [-0.3, -0.25) is 10.2 Å². The Morgan fingerprint density at radius 2 is 1.86 bits per heavy atom. The van der Waals surface area contributed by atoms with Gasteiger partial charge in [-0.05, 0) is 48.1 Å². The second kappa shape index (κ2) is 10.7. The third-order valence-corrected chi connectivity index (χ3v) is 3.83. The van der Waals surface area contributed by atoms with Crippen LogP contribution in [0.5, 0.6) is 17.2 Å². The molecule has 0 saturated heterocycles. The van der Waals surface area contributed by atoms with E-state index < -0.39 is 0 Å². The summed E-state index contributed by atoms with van der Waals surface area (Å²) in [7, 11) is 4.76. The highest BCUT2D eigenvalue weighted by atomic mass is 32.1. The Labute approximate surface area is 168 Å². The lowest BCUT2D eigenvalue weighted by molar-refractivity contribution is -0.118. The van der Waals surface area contributed by atoms with Gasteiger partial charge in [0.25, 0.3) is 5.91 Å². The number of carbonyl (C=O) groups is 1. The van der Waals surface area contributed by atoms with Crippen molar-refractivity contribution in [3.63, 3.8) is 0 Å². The highest BCUT2D eigenvalue weighted by molar-refractivity contribution is 7.80. The van der Waals surface area contributed by atoms with Crippen molar-refractivity contribution in [3.8, 4) is 17.2 Å². The first-order valence-electron chi connectivity index (χ1n) is 8.32. The molecule has 0 atom stereocenters. The minimum atomic E-state index is -0.318. The Morgan fingerprint density at radius 3 is 2.57 bits per heavy atom. The number of hydrogen-bond donors (Lipinski definition) is 3. The van der Waals surface area contributed by atoms with Crippen LogP contribution in [0.15, 0.2) is 47.6 Å². The van der Waals surface area contributed by atoms with Gasteiger partial charge < -0.3 is 24.8 Å². The Hall–Kier alpha value is -3.33. The highest BCUT2D eigenvalue weighted by Crippen LogP contribution is 2.28. The van der Waals surface area contributed by atoms with Crippen LogP contribution < -0.4 is 30.3 Å². The zero-order valence-corrected chi connectivity index (χ0v) is 16.6. The smallest absolute Gasteiger partial charge is 0.262 e. The number of thiocarbonyl (C=S) groups is 1. The summed E-state index contributed by atoms with van der Waals surface area (Å²) in [4.78, 5) is 12.2. The molecule has 28 heavy (non-hydrogen) atoms. The van der Waals surface area contributed by atoms with Crippen molar-refractivity contribution in [1.82, 2.24) is 10.7 Å². The van der Waals surface area contributed by atoms with Crippen LogP contribution in [0.25, 0.3) is 0 Å². The maximum atomic E-state index is 12.2. The standard InChI is InChI=1S/C19H22N4O4S/c1-20-19(28)23-21-11-13-8-9-16(17(10-13)26-3)27-12-18(24)22-14-6-4-5-7-15(14)25-2/h4-11H,12H2,1-3H3,(H,22,24)(H2,20,23,28)/b21-11+. The molecular formula is C19H22N4O4S. The Kier molecular flexibility index (Phi) is 8.04. The van der Waals surface area contributed by atoms with Gasteiger partial charge in [0.2, 0.25) is 0 Å². The van der Waals surface area contributed by atoms with E-state index in [1.54, 1.807) is 56.8 Å². The van der Waals surface area contributed by atoms with Crippen LogP contribution in [0.4, 0.5) is 5.69 Å². The van der Waals surface area contributed by atoms with Crippen LogP contribution in [0.2, 0.25) is 0 Å². The molecule has 3 N–H and O–H groups in total. The molecule has 2 rings (SSSR count). The normalized spacial score (nSPS) is 10.2. The van der Waals surface area contributed by atoms with Gasteiger partial charge in [0.05, 0.1) is 26.1 Å². The van der Waals surface area contributed by atoms with Crippen molar-refractivity contribution >= 4 is 35.1 Å². The van der Waals surface area contributed by atoms with Crippen LogP contribution in [-0.2, 0) is 4.79 Å². The van der Waals surface area contributed by atoms with Crippen LogP contribution in [0.3, 0.4) is 0 Å². The van der Waals surface area contributed by atoms with E-state index in [-0.39, 0.29) is 12.5 Å². The molecule has 0 aromatic heterocycles. The highest BCUT2D eigenvalue weighted by Gasteiger charge is 2.10. The monoisotopic (exact) mass is 402 g/mol. The maximum absolute atomic E-state index is 12.2. The minimum Gasteiger partial charge on any atom is -0.495 e. The minimum absolute atomic E-state index is 0.181. The number of benzene rings is 2. The fourth-order valence-electron chi connectivity index (χ4n) is 2.18. The zero-order valence-electron chi connectivity index (χ0n) is 15.8. The van der Waals surface area contributed by atoms with Crippen molar-refractivity contribution in [2.45, 2.75) is 0 Å². The molecule has 2 aromatic rings. The molecule has 0 spiro atoms. The van der Waals surface area contributed by atoms with Crippen LogP contribution in [-0.4, -0.2) is 45.1 Å². The first kappa shape index (κ1) is 21.0. The Bertz CT molecular complexity index is 858. The lowest BCUT2D eigenvalue weighted by Gasteiger charge is -2.12. The molecule has 0 saturated carbocycles. The maximum Gasteiger partial charge on any atom is 0.262 e. The number of rotatable bonds is 8. The van der Waals surface area contributed by atoms with Gasteiger partial charge in [-0.25, -0.2) is 0 Å². The lowest BCUT2D eigenvalue weighted by atomic mass is 10.2. The first-order valence-corrected chi connectivity index (χ1v) is 8.72. The number of ether oxygens (including phenoxy) is 3.